The van der Waals surface area contributed by atoms with Gasteiger partial charge in [-0.15, -0.1) is 11.3 Å². The standard InChI is InChI=1S/C18H22O2S/c1-4-13-11-14(7-9-16(13)20)18(5-2,6-3)17-10-8-15(12-19)21-17/h7-12,20H,4-6H2,1-3H3. The van der Waals surface area contributed by atoms with Gasteiger partial charge in [0, 0.05) is 10.3 Å². The monoisotopic (exact) mass is 302 g/mol. The van der Waals surface area contributed by atoms with Crippen molar-refractivity contribution >= 4 is 17.6 Å². The number of benzene rings is 1. The molecule has 0 aliphatic rings. The first kappa shape index (κ1) is 15.8. The third-order valence-corrected chi connectivity index (χ3v) is 5.65. The van der Waals surface area contributed by atoms with Gasteiger partial charge in [0.2, 0.25) is 0 Å². The zero-order valence-electron chi connectivity index (χ0n) is 12.8. The fraction of sp³-hybridized carbons (Fsp3) is 0.389. The van der Waals surface area contributed by atoms with E-state index >= 15 is 0 Å². The Balaban J connectivity index is 2.58. The summed E-state index contributed by atoms with van der Waals surface area (Å²) in [4.78, 5) is 13.0. The molecule has 0 saturated heterocycles. The first-order valence-corrected chi connectivity index (χ1v) is 8.30. The highest BCUT2D eigenvalue weighted by atomic mass is 32.1. The van der Waals surface area contributed by atoms with E-state index in [0.717, 1.165) is 36.0 Å². The highest BCUT2D eigenvalue weighted by Crippen LogP contribution is 2.43. The lowest BCUT2D eigenvalue weighted by molar-refractivity contribution is 0.112. The molecule has 0 saturated carbocycles. The Morgan fingerprint density at radius 2 is 1.86 bits per heavy atom. The minimum Gasteiger partial charge on any atom is -0.508 e. The number of phenolic OH excluding ortho intramolecular Hbond substituents is 1. The van der Waals surface area contributed by atoms with Gasteiger partial charge in [0.05, 0.1) is 4.88 Å². The molecule has 0 aliphatic carbocycles. The average molecular weight is 302 g/mol. The van der Waals surface area contributed by atoms with Crippen LogP contribution >= 0.6 is 11.3 Å². The molecule has 0 spiro atoms. The van der Waals surface area contributed by atoms with Crippen LogP contribution in [0.2, 0.25) is 0 Å². The van der Waals surface area contributed by atoms with Crippen molar-refractivity contribution in [1.82, 2.24) is 0 Å². The first-order chi connectivity index (χ1) is 10.1. The summed E-state index contributed by atoms with van der Waals surface area (Å²) in [6, 6.07) is 9.89. The Hall–Kier alpha value is -1.61. The third kappa shape index (κ3) is 2.75. The van der Waals surface area contributed by atoms with Crippen molar-refractivity contribution in [3.05, 3.63) is 51.2 Å². The first-order valence-electron chi connectivity index (χ1n) is 7.49. The fourth-order valence-electron chi connectivity index (χ4n) is 2.99. The molecule has 0 bridgehead atoms. The predicted molar refractivity (Wildman–Crippen MR) is 88.6 cm³/mol. The molecule has 21 heavy (non-hydrogen) atoms. The third-order valence-electron chi connectivity index (χ3n) is 4.43. The summed E-state index contributed by atoms with van der Waals surface area (Å²) < 4.78 is 0. The van der Waals surface area contributed by atoms with Crippen LogP contribution in [0, 0.1) is 0 Å². The lowest BCUT2D eigenvalue weighted by Gasteiger charge is -2.32. The number of aryl methyl sites for hydroxylation is 1. The quantitative estimate of drug-likeness (QED) is 0.768. The fourth-order valence-corrected chi connectivity index (χ4v) is 4.16. The molecule has 1 N–H and O–H groups in total. The van der Waals surface area contributed by atoms with Crippen LogP contribution in [0.25, 0.3) is 0 Å². The van der Waals surface area contributed by atoms with Crippen LogP contribution in [-0.2, 0) is 11.8 Å². The van der Waals surface area contributed by atoms with E-state index in [4.69, 9.17) is 0 Å². The van der Waals surface area contributed by atoms with Crippen LogP contribution in [-0.4, -0.2) is 11.4 Å². The van der Waals surface area contributed by atoms with Gasteiger partial charge < -0.3 is 5.11 Å². The van der Waals surface area contributed by atoms with Crippen LogP contribution < -0.4 is 0 Å². The molecule has 0 atom stereocenters. The molecule has 0 unspecified atom stereocenters. The minimum absolute atomic E-state index is 0.0798. The highest BCUT2D eigenvalue weighted by Gasteiger charge is 2.32. The van der Waals surface area contributed by atoms with Gasteiger partial charge >= 0.3 is 0 Å². The topological polar surface area (TPSA) is 37.3 Å². The van der Waals surface area contributed by atoms with Crippen LogP contribution in [0.3, 0.4) is 0 Å². The Bertz CT molecular complexity index is 624. The number of aldehydes is 1. The summed E-state index contributed by atoms with van der Waals surface area (Å²) in [6.07, 6.45) is 3.66. The van der Waals surface area contributed by atoms with Crippen LogP contribution in [0.5, 0.6) is 5.75 Å². The molecule has 1 aromatic heterocycles. The molecular formula is C18H22O2S. The van der Waals surface area contributed by atoms with E-state index < -0.39 is 0 Å². The second-order valence-corrected chi connectivity index (χ2v) is 6.42. The van der Waals surface area contributed by atoms with Gasteiger partial charge in [-0.25, -0.2) is 0 Å². The molecule has 0 aliphatic heterocycles. The molecule has 0 amide bonds. The number of rotatable bonds is 6. The maximum atomic E-state index is 11.0. The summed E-state index contributed by atoms with van der Waals surface area (Å²) in [5, 5.41) is 9.92. The van der Waals surface area contributed by atoms with Crippen molar-refractivity contribution in [2.45, 2.75) is 45.4 Å². The minimum atomic E-state index is -0.0798. The summed E-state index contributed by atoms with van der Waals surface area (Å²) in [7, 11) is 0. The van der Waals surface area contributed by atoms with E-state index in [0.29, 0.717) is 5.75 Å². The van der Waals surface area contributed by atoms with Gasteiger partial charge in [0.1, 0.15) is 5.75 Å². The van der Waals surface area contributed by atoms with E-state index in [1.54, 1.807) is 17.4 Å². The average Bonchev–Trinajstić information content (AvgIpc) is 3.00. The molecule has 1 heterocycles. The molecule has 1 aromatic carbocycles. The van der Waals surface area contributed by atoms with Crippen molar-refractivity contribution in [3.8, 4) is 5.75 Å². The van der Waals surface area contributed by atoms with Gasteiger partial charge in [-0.05, 0) is 48.6 Å². The predicted octanol–water partition coefficient (Wildman–Crippen LogP) is 4.93. The van der Waals surface area contributed by atoms with Gasteiger partial charge in [-0.3, -0.25) is 4.79 Å². The Morgan fingerprint density at radius 3 is 2.38 bits per heavy atom. The number of hydrogen-bond donors (Lipinski definition) is 1. The lowest BCUT2D eigenvalue weighted by Crippen LogP contribution is -2.25. The highest BCUT2D eigenvalue weighted by molar-refractivity contribution is 7.13. The van der Waals surface area contributed by atoms with Crippen molar-refractivity contribution in [2.75, 3.05) is 0 Å². The second kappa shape index (κ2) is 6.44. The Kier molecular flexibility index (Phi) is 4.84. The summed E-state index contributed by atoms with van der Waals surface area (Å²) in [6.45, 7) is 6.42. The molecule has 0 radical (unpaired) electrons. The number of thiophene rings is 1. The molecular weight excluding hydrogens is 280 g/mol. The van der Waals surface area contributed by atoms with Crippen molar-refractivity contribution < 1.29 is 9.90 Å². The van der Waals surface area contributed by atoms with E-state index in [9.17, 15) is 9.90 Å². The maximum absolute atomic E-state index is 11.0. The lowest BCUT2D eigenvalue weighted by atomic mass is 9.74. The van der Waals surface area contributed by atoms with Crippen molar-refractivity contribution in [2.24, 2.45) is 0 Å². The van der Waals surface area contributed by atoms with E-state index in [1.807, 2.05) is 19.1 Å². The van der Waals surface area contributed by atoms with Crippen molar-refractivity contribution in [3.63, 3.8) is 0 Å². The number of phenols is 1. The zero-order valence-corrected chi connectivity index (χ0v) is 13.7. The van der Waals surface area contributed by atoms with E-state index in [-0.39, 0.29) is 5.41 Å². The number of carbonyl (C=O) groups excluding carboxylic acids is 1. The summed E-state index contributed by atoms with van der Waals surface area (Å²) in [5.41, 5.74) is 2.12. The molecule has 0 fully saturated rings. The molecule has 2 rings (SSSR count). The van der Waals surface area contributed by atoms with Gasteiger partial charge in [-0.1, -0.05) is 32.9 Å². The Morgan fingerprint density at radius 1 is 1.14 bits per heavy atom. The van der Waals surface area contributed by atoms with Gasteiger partial charge in [0.15, 0.2) is 6.29 Å². The van der Waals surface area contributed by atoms with Crippen LogP contribution in [0.4, 0.5) is 0 Å². The molecule has 3 heteroatoms. The smallest absolute Gasteiger partial charge is 0.160 e. The Labute approximate surface area is 130 Å². The molecule has 2 aromatic rings. The largest absolute Gasteiger partial charge is 0.508 e. The van der Waals surface area contributed by atoms with Gasteiger partial charge in [0.25, 0.3) is 0 Å². The second-order valence-electron chi connectivity index (χ2n) is 5.31. The summed E-state index contributed by atoms with van der Waals surface area (Å²) in [5.74, 6) is 0.363. The van der Waals surface area contributed by atoms with Crippen LogP contribution in [0.15, 0.2) is 30.3 Å². The van der Waals surface area contributed by atoms with E-state index in [2.05, 4.69) is 26.0 Å². The molecule has 112 valence electrons. The summed E-state index contributed by atoms with van der Waals surface area (Å²) >= 11 is 1.57. The number of carbonyl (C=O) groups is 1. The number of aromatic hydroxyl groups is 1. The maximum Gasteiger partial charge on any atom is 0.160 e. The number of hydrogen-bond acceptors (Lipinski definition) is 3. The van der Waals surface area contributed by atoms with E-state index in [1.165, 1.54) is 10.4 Å². The van der Waals surface area contributed by atoms with Gasteiger partial charge in [-0.2, -0.15) is 0 Å². The zero-order chi connectivity index (χ0) is 15.5. The normalized spacial score (nSPS) is 11.6. The van der Waals surface area contributed by atoms with Crippen molar-refractivity contribution in [1.29, 1.82) is 0 Å². The van der Waals surface area contributed by atoms with Crippen LogP contribution in [0.1, 0.15) is 59.3 Å². The SMILES string of the molecule is CCc1cc(C(CC)(CC)c2ccc(C=O)s2)ccc1O. The molecule has 2 nitrogen and oxygen atoms in total.